The van der Waals surface area contributed by atoms with Gasteiger partial charge in [-0.05, 0) is 55.3 Å². The van der Waals surface area contributed by atoms with Gasteiger partial charge >= 0.3 is 0 Å². The normalized spacial score (nSPS) is 20.6. The van der Waals surface area contributed by atoms with Gasteiger partial charge in [-0.3, -0.25) is 14.4 Å². The highest BCUT2D eigenvalue weighted by Gasteiger charge is 2.32. The molecule has 0 spiro atoms. The van der Waals surface area contributed by atoms with Crippen molar-refractivity contribution in [3.63, 3.8) is 0 Å². The zero-order chi connectivity index (χ0) is 18.8. The van der Waals surface area contributed by atoms with E-state index in [0.717, 1.165) is 44.3 Å². The number of aryl methyl sites for hydroxylation is 2. The Morgan fingerprint density at radius 3 is 2.67 bits per heavy atom. The van der Waals surface area contributed by atoms with Crippen LogP contribution in [0.5, 0.6) is 0 Å². The molecule has 4 rings (SSSR count). The highest BCUT2D eigenvalue weighted by Crippen LogP contribution is 2.28. The van der Waals surface area contributed by atoms with E-state index in [9.17, 15) is 4.79 Å². The number of carbonyl (C=O) groups excluding carboxylic acids is 1. The third-order valence-corrected chi connectivity index (χ3v) is 6.30. The van der Waals surface area contributed by atoms with Crippen molar-refractivity contribution in [1.82, 2.24) is 19.6 Å². The number of likely N-dealkylation sites (N-methyl/N-ethyl adjacent to an activating group) is 1. The topological polar surface area (TPSA) is 41.4 Å². The van der Waals surface area contributed by atoms with Crippen LogP contribution in [0, 0.1) is 0 Å². The van der Waals surface area contributed by atoms with E-state index >= 15 is 0 Å². The fraction of sp³-hybridized carbons (Fsp3) is 0.545. The fourth-order valence-electron chi connectivity index (χ4n) is 4.66. The minimum absolute atomic E-state index is 0.250. The van der Waals surface area contributed by atoms with Crippen LogP contribution in [0.4, 0.5) is 0 Å². The second-order valence-corrected chi connectivity index (χ2v) is 8.15. The molecule has 5 nitrogen and oxygen atoms in total. The lowest BCUT2D eigenvalue weighted by atomic mass is 10.0. The van der Waals surface area contributed by atoms with Gasteiger partial charge in [-0.25, -0.2) is 0 Å². The van der Waals surface area contributed by atoms with Gasteiger partial charge in [0, 0.05) is 45.3 Å². The molecule has 0 saturated carbocycles. The van der Waals surface area contributed by atoms with Gasteiger partial charge < -0.3 is 4.90 Å². The van der Waals surface area contributed by atoms with Crippen molar-refractivity contribution in [2.45, 2.75) is 50.6 Å². The zero-order valence-electron chi connectivity index (χ0n) is 16.5. The molecule has 2 heterocycles. The van der Waals surface area contributed by atoms with Crippen LogP contribution in [0.25, 0.3) is 0 Å². The molecular formula is C22H30N4O. The minimum Gasteiger partial charge on any atom is -0.341 e. The molecule has 2 aromatic rings. The van der Waals surface area contributed by atoms with Gasteiger partial charge in [0.05, 0.1) is 6.20 Å². The van der Waals surface area contributed by atoms with Gasteiger partial charge in [-0.15, -0.1) is 0 Å². The summed E-state index contributed by atoms with van der Waals surface area (Å²) in [6.45, 7) is 2.17. The largest absolute Gasteiger partial charge is 0.341 e. The van der Waals surface area contributed by atoms with Crippen LogP contribution < -0.4 is 0 Å². The summed E-state index contributed by atoms with van der Waals surface area (Å²) in [6.07, 6.45) is 9.78. The monoisotopic (exact) mass is 366 g/mol. The summed E-state index contributed by atoms with van der Waals surface area (Å²) in [6, 6.07) is 9.77. The lowest BCUT2D eigenvalue weighted by molar-refractivity contribution is -0.133. The number of piperidine rings is 1. The number of benzene rings is 1. The highest BCUT2D eigenvalue weighted by molar-refractivity contribution is 5.76. The molecule has 1 aromatic heterocycles. The Morgan fingerprint density at radius 2 is 2.00 bits per heavy atom. The SMILES string of the molecule is CN(C(=O)CCc1cnn(C)c1)C1CCCN(C2Cc3ccccc3C2)C1. The Balaban J connectivity index is 1.31. The van der Waals surface area contributed by atoms with Crippen molar-refractivity contribution in [1.29, 1.82) is 0 Å². The molecule has 1 amide bonds. The number of fused-ring (bicyclic) bond motifs is 1. The van der Waals surface area contributed by atoms with E-state index in [1.54, 1.807) is 4.68 Å². The molecule has 0 radical (unpaired) electrons. The number of hydrogen-bond acceptors (Lipinski definition) is 3. The van der Waals surface area contributed by atoms with Crippen LogP contribution in [0.1, 0.15) is 36.0 Å². The molecule has 1 aliphatic heterocycles. The summed E-state index contributed by atoms with van der Waals surface area (Å²) in [5.74, 6) is 0.250. The number of nitrogens with zero attached hydrogens (tertiary/aromatic N) is 4. The Bertz CT molecular complexity index is 774. The van der Waals surface area contributed by atoms with E-state index in [-0.39, 0.29) is 5.91 Å². The number of hydrogen-bond donors (Lipinski definition) is 0. The van der Waals surface area contributed by atoms with Crippen LogP contribution in [-0.2, 0) is 31.1 Å². The van der Waals surface area contributed by atoms with Crippen LogP contribution in [0.3, 0.4) is 0 Å². The summed E-state index contributed by atoms with van der Waals surface area (Å²) >= 11 is 0. The van der Waals surface area contributed by atoms with E-state index in [1.807, 2.05) is 31.4 Å². The lowest BCUT2D eigenvalue weighted by Gasteiger charge is -2.40. The summed E-state index contributed by atoms with van der Waals surface area (Å²) in [5, 5.41) is 4.19. The van der Waals surface area contributed by atoms with Crippen molar-refractivity contribution >= 4 is 5.91 Å². The molecule has 1 unspecified atom stereocenters. The second kappa shape index (κ2) is 7.85. The first-order valence-corrected chi connectivity index (χ1v) is 10.1. The van der Waals surface area contributed by atoms with E-state index in [1.165, 1.54) is 17.5 Å². The third-order valence-electron chi connectivity index (χ3n) is 6.30. The standard InChI is InChI=1S/C22H30N4O/c1-24-15-17(14-23-24)9-10-22(27)25(2)20-8-5-11-26(16-20)21-12-18-6-3-4-7-19(18)13-21/h3-4,6-7,14-15,20-21H,5,8-13,16H2,1-2H3. The second-order valence-electron chi connectivity index (χ2n) is 8.15. The van der Waals surface area contributed by atoms with Crippen molar-refractivity contribution in [3.05, 3.63) is 53.3 Å². The number of aromatic nitrogens is 2. The molecule has 5 heteroatoms. The average molecular weight is 367 g/mol. The molecular weight excluding hydrogens is 336 g/mol. The van der Waals surface area contributed by atoms with Crippen LogP contribution in [-0.4, -0.2) is 57.7 Å². The first-order valence-electron chi connectivity index (χ1n) is 10.1. The molecule has 1 atom stereocenters. The van der Waals surface area contributed by atoms with Crippen LogP contribution in [0.15, 0.2) is 36.7 Å². The average Bonchev–Trinajstić information content (AvgIpc) is 3.31. The third kappa shape index (κ3) is 4.08. The van der Waals surface area contributed by atoms with E-state index < -0.39 is 0 Å². The van der Waals surface area contributed by atoms with Crippen molar-refractivity contribution < 1.29 is 4.79 Å². The van der Waals surface area contributed by atoms with Crippen molar-refractivity contribution in [2.75, 3.05) is 20.1 Å². The van der Waals surface area contributed by atoms with Gasteiger partial charge in [-0.1, -0.05) is 24.3 Å². The maximum absolute atomic E-state index is 12.7. The fourth-order valence-corrected chi connectivity index (χ4v) is 4.66. The molecule has 27 heavy (non-hydrogen) atoms. The Hall–Kier alpha value is -2.14. The van der Waals surface area contributed by atoms with Gasteiger partial charge in [0.1, 0.15) is 0 Å². The predicted octanol–water partition coefficient (Wildman–Crippen LogP) is 2.44. The molecule has 1 aromatic carbocycles. The van der Waals surface area contributed by atoms with E-state index in [4.69, 9.17) is 0 Å². The first kappa shape index (κ1) is 18.2. The molecule has 1 saturated heterocycles. The minimum atomic E-state index is 0.250. The number of carbonyl (C=O) groups is 1. The smallest absolute Gasteiger partial charge is 0.222 e. The van der Waals surface area contributed by atoms with Gasteiger partial charge in [0.2, 0.25) is 5.91 Å². The Labute approximate surface area is 162 Å². The summed E-state index contributed by atoms with van der Waals surface area (Å²) in [7, 11) is 3.90. The van der Waals surface area contributed by atoms with E-state index in [0.29, 0.717) is 18.5 Å². The highest BCUT2D eigenvalue weighted by atomic mass is 16.2. The summed E-state index contributed by atoms with van der Waals surface area (Å²) in [4.78, 5) is 17.3. The predicted molar refractivity (Wildman–Crippen MR) is 107 cm³/mol. The van der Waals surface area contributed by atoms with Gasteiger partial charge in [0.15, 0.2) is 0 Å². The molecule has 2 aliphatic rings. The van der Waals surface area contributed by atoms with Gasteiger partial charge in [-0.2, -0.15) is 5.10 Å². The number of rotatable bonds is 5. The quantitative estimate of drug-likeness (QED) is 0.816. The lowest BCUT2D eigenvalue weighted by Crippen LogP contribution is -2.51. The van der Waals surface area contributed by atoms with E-state index in [2.05, 4.69) is 34.3 Å². The zero-order valence-corrected chi connectivity index (χ0v) is 16.5. The molecule has 0 bridgehead atoms. The molecule has 0 N–H and O–H groups in total. The van der Waals surface area contributed by atoms with Crippen molar-refractivity contribution in [2.24, 2.45) is 7.05 Å². The maximum atomic E-state index is 12.7. The van der Waals surface area contributed by atoms with Crippen LogP contribution >= 0.6 is 0 Å². The maximum Gasteiger partial charge on any atom is 0.222 e. The number of amides is 1. The Kier molecular flexibility index (Phi) is 5.30. The summed E-state index contributed by atoms with van der Waals surface area (Å²) in [5.41, 5.74) is 4.14. The Morgan fingerprint density at radius 1 is 1.26 bits per heavy atom. The molecule has 144 valence electrons. The van der Waals surface area contributed by atoms with Crippen LogP contribution in [0.2, 0.25) is 0 Å². The first-order chi connectivity index (χ1) is 13.1. The molecule has 1 fully saturated rings. The van der Waals surface area contributed by atoms with Crippen molar-refractivity contribution in [3.8, 4) is 0 Å². The van der Waals surface area contributed by atoms with Gasteiger partial charge in [0.25, 0.3) is 0 Å². The summed E-state index contributed by atoms with van der Waals surface area (Å²) < 4.78 is 1.79. The molecule has 1 aliphatic carbocycles. The number of likely N-dealkylation sites (tertiary alicyclic amines) is 1.